The number of sulfonamides is 1. The molecule has 0 saturated carbocycles. The van der Waals surface area contributed by atoms with Gasteiger partial charge in [-0.3, -0.25) is 0 Å². The van der Waals surface area contributed by atoms with E-state index < -0.39 is 21.7 Å². The highest BCUT2D eigenvalue weighted by Crippen LogP contribution is 2.25. The summed E-state index contributed by atoms with van der Waals surface area (Å²) in [4.78, 5) is 11.9. The Bertz CT molecular complexity index is 763. The van der Waals surface area contributed by atoms with Gasteiger partial charge in [-0.05, 0) is 51.3 Å². The number of halogens is 2. The number of ether oxygens (including phenoxy) is 1. The van der Waals surface area contributed by atoms with Crippen LogP contribution in [0.2, 0.25) is 10.0 Å². The third-order valence-corrected chi connectivity index (χ3v) is 6.39. The second-order valence-electron chi connectivity index (χ2n) is 7.35. The number of amides is 1. The Kier molecular flexibility index (Phi) is 6.82. The van der Waals surface area contributed by atoms with E-state index in [2.05, 4.69) is 5.32 Å². The molecule has 0 aliphatic carbocycles. The molecule has 1 aliphatic rings. The molecule has 0 aromatic heterocycles. The molecule has 9 heteroatoms. The Labute approximate surface area is 164 Å². The fraction of sp³-hybridized carbons (Fsp3) is 0.588. The van der Waals surface area contributed by atoms with Crippen molar-refractivity contribution in [1.29, 1.82) is 0 Å². The summed E-state index contributed by atoms with van der Waals surface area (Å²) in [7, 11) is -3.53. The Balaban J connectivity index is 2.00. The van der Waals surface area contributed by atoms with Gasteiger partial charge in [0.05, 0.1) is 15.8 Å². The number of nitrogens with one attached hydrogen (secondary N) is 1. The number of alkyl carbamates (subject to hydrolysis) is 1. The van der Waals surface area contributed by atoms with Crippen molar-refractivity contribution in [3.63, 3.8) is 0 Å². The zero-order valence-corrected chi connectivity index (χ0v) is 17.4. The molecule has 1 aromatic carbocycles. The van der Waals surface area contributed by atoms with Crippen LogP contribution in [0.4, 0.5) is 4.79 Å². The van der Waals surface area contributed by atoms with Crippen LogP contribution in [0.5, 0.6) is 0 Å². The molecule has 1 atom stereocenters. The predicted molar refractivity (Wildman–Crippen MR) is 103 cm³/mol. The second kappa shape index (κ2) is 8.33. The van der Waals surface area contributed by atoms with E-state index in [0.717, 1.165) is 0 Å². The quantitative estimate of drug-likeness (QED) is 0.799. The number of hydrogen-bond donors (Lipinski definition) is 1. The summed E-state index contributed by atoms with van der Waals surface area (Å²) in [5.74, 6) is -0.164. The molecule has 146 valence electrons. The molecule has 1 saturated heterocycles. The molecule has 1 heterocycles. The van der Waals surface area contributed by atoms with E-state index in [9.17, 15) is 13.2 Å². The van der Waals surface area contributed by atoms with Crippen LogP contribution in [0.1, 0.15) is 39.2 Å². The van der Waals surface area contributed by atoms with Gasteiger partial charge in [0.15, 0.2) is 0 Å². The topological polar surface area (TPSA) is 75.7 Å². The molecule has 1 N–H and O–H groups in total. The summed E-state index contributed by atoms with van der Waals surface area (Å²) < 4.78 is 32.1. The molecule has 0 radical (unpaired) electrons. The molecule has 1 amide bonds. The number of carbonyl (C=O) groups excluding carboxylic acids is 1. The lowest BCUT2D eigenvalue weighted by molar-refractivity contribution is 0.0487. The molecular weight excluding hydrogens is 399 g/mol. The third kappa shape index (κ3) is 6.30. The van der Waals surface area contributed by atoms with Crippen molar-refractivity contribution < 1.29 is 17.9 Å². The second-order valence-corrected chi connectivity index (χ2v) is 10.1. The fourth-order valence-electron chi connectivity index (χ4n) is 2.72. The van der Waals surface area contributed by atoms with Crippen molar-refractivity contribution in [2.24, 2.45) is 0 Å². The summed E-state index contributed by atoms with van der Waals surface area (Å²) in [5.41, 5.74) is -0.0279. The maximum Gasteiger partial charge on any atom is 0.407 e. The van der Waals surface area contributed by atoms with Gasteiger partial charge >= 0.3 is 6.09 Å². The summed E-state index contributed by atoms with van der Waals surface area (Å²) >= 11 is 11.8. The monoisotopic (exact) mass is 422 g/mol. The van der Waals surface area contributed by atoms with Crippen LogP contribution in [0.3, 0.4) is 0 Å². The number of nitrogens with zero attached hydrogens (tertiary/aromatic N) is 1. The van der Waals surface area contributed by atoms with Crippen molar-refractivity contribution in [2.75, 3.05) is 13.1 Å². The molecule has 0 spiro atoms. The van der Waals surface area contributed by atoms with Crippen molar-refractivity contribution in [3.8, 4) is 0 Å². The molecule has 1 aromatic rings. The summed E-state index contributed by atoms with van der Waals surface area (Å²) in [6.45, 7) is 5.99. The van der Waals surface area contributed by atoms with E-state index in [1.54, 1.807) is 39.0 Å². The minimum absolute atomic E-state index is 0.164. The molecule has 1 fully saturated rings. The highest BCUT2D eigenvalue weighted by molar-refractivity contribution is 7.88. The van der Waals surface area contributed by atoms with Crippen LogP contribution in [-0.2, 0) is 20.5 Å². The zero-order chi connectivity index (χ0) is 19.5. The Hall–Kier alpha value is -1.02. The lowest BCUT2D eigenvalue weighted by atomic mass is 10.1. The number of rotatable bonds is 4. The largest absolute Gasteiger partial charge is 0.444 e. The molecule has 1 aliphatic heterocycles. The Morgan fingerprint density at radius 2 is 2.00 bits per heavy atom. The first-order valence-corrected chi connectivity index (χ1v) is 10.7. The maximum atomic E-state index is 12.7. The van der Waals surface area contributed by atoms with E-state index in [1.165, 1.54) is 4.31 Å². The molecule has 0 unspecified atom stereocenters. The standard InChI is InChI=1S/C17H24Cl2N2O4S/c1-17(2,3)25-16(22)20-13-5-4-8-21(10-13)26(23,24)11-12-6-7-14(18)15(19)9-12/h6-7,9,13H,4-5,8,10-11H2,1-3H3,(H,20,22)/t13-/m1/s1. The van der Waals surface area contributed by atoms with Crippen LogP contribution in [-0.4, -0.2) is 43.5 Å². The maximum absolute atomic E-state index is 12.7. The number of carbonyl (C=O) groups is 1. The van der Waals surface area contributed by atoms with Crippen LogP contribution in [0, 0.1) is 0 Å². The van der Waals surface area contributed by atoms with E-state index >= 15 is 0 Å². The minimum atomic E-state index is -3.53. The van der Waals surface area contributed by atoms with Crippen LogP contribution in [0.15, 0.2) is 18.2 Å². The smallest absolute Gasteiger partial charge is 0.407 e. The van der Waals surface area contributed by atoms with Gasteiger partial charge in [-0.25, -0.2) is 13.2 Å². The Morgan fingerprint density at radius 3 is 2.62 bits per heavy atom. The van der Waals surface area contributed by atoms with Gasteiger partial charge < -0.3 is 10.1 Å². The Morgan fingerprint density at radius 1 is 1.31 bits per heavy atom. The molecular formula is C17H24Cl2N2O4S. The predicted octanol–water partition coefficient (Wildman–Crippen LogP) is 3.81. The van der Waals surface area contributed by atoms with Crippen molar-refractivity contribution in [1.82, 2.24) is 9.62 Å². The average molecular weight is 423 g/mol. The van der Waals surface area contributed by atoms with E-state index in [-0.39, 0.29) is 18.3 Å². The minimum Gasteiger partial charge on any atom is -0.444 e. The normalized spacial score (nSPS) is 19.2. The molecule has 0 bridgehead atoms. The lowest BCUT2D eigenvalue weighted by Gasteiger charge is -2.33. The highest BCUT2D eigenvalue weighted by atomic mass is 35.5. The zero-order valence-electron chi connectivity index (χ0n) is 15.1. The lowest BCUT2D eigenvalue weighted by Crippen LogP contribution is -2.50. The average Bonchev–Trinajstić information content (AvgIpc) is 2.49. The number of hydrogen-bond acceptors (Lipinski definition) is 4. The van der Waals surface area contributed by atoms with E-state index in [0.29, 0.717) is 35.0 Å². The SMILES string of the molecule is CC(C)(C)OC(=O)N[C@@H]1CCCN(S(=O)(=O)Cc2ccc(Cl)c(Cl)c2)C1. The van der Waals surface area contributed by atoms with Crippen LogP contribution < -0.4 is 5.32 Å². The van der Waals surface area contributed by atoms with Gasteiger partial charge in [-0.1, -0.05) is 29.3 Å². The van der Waals surface area contributed by atoms with Gasteiger partial charge in [-0.2, -0.15) is 4.31 Å². The molecule has 6 nitrogen and oxygen atoms in total. The summed E-state index contributed by atoms with van der Waals surface area (Å²) in [6, 6.07) is 4.51. The van der Waals surface area contributed by atoms with Crippen molar-refractivity contribution in [3.05, 3.63) is 33.8 Å². The highest BCUT2D eigenvalue weighted by Gasteiger charge is 2.30. The fourth-order valence-corrected chi connectivity index (χ4v) is 4.64. The van der Waals surface area contributed by atoms with Gasteiger partial charge in [0.25, 0.3) is 0 Å². The van der Waals surface area contributed by atoms with E-state index in [4.69, 9.17) is 27.9 Å². The first kappa shape index (κ1) is 21.3. The third-order valence-electron chi connectivity index (χ3n) is 3.83. The molecule has 26 heavy (non-hydrogen) atoms. The van der Waals surface area contributed by atoms with Gasteiger partial charge in [0.2, 0.25) is 10.0 Å². The van der Waals surface area contributed by atoms with Gasteiger partial charge in [0, 0.05) is 19.1 Å². The number of piperidine rings is 1. The van der Waals surface area contributed by atoms with Crippen LogP contribution >= 0.6 is 23.2 Å². The first-order valence-electron chi connectivity index (χ1n) is 8.37. The van der Waals surface area contributed by atoms with Crippen molar-refractivity contribution in [2.45, 2.75) is 51.0 Å². The van der Waals surface area contributed by atoms with Crippen LogP contribution in [0.25, 0.3) is 0 Å². The molecule has 2 rings (SSSR count). The number of benzene rings is 1. The van der Waals surface area contributed by atoms with Gasteiger partial charge in [-0.15, -0.1) is 0 Å². The summed E-state index contributed by atoms with van der Waals surface area (Å²) in [6.07, 6.45) is 0.838. The summed E-state index contributed by atoms with van der Waals surface area (Å²) in [5, 5.41) is 3.46. The van der Waals surface area contributed by atoms with E-state index in [1.807, 2.05) is 0 Å². The van der Waals surface area contributed by atoms with Crippen molar-refractivity contribution >= 4 is 39.3 Å². The van der Waals surface area contributed by atoms with Gasteiger partial charge in [0.1, 0.15) is 5.60 Å². The first-order chi connectivity index (χ1) is 12.0.